The predicted octanol–water partition coefficient (Wildman–Crippen LogP) is 7.86. The Bertz CT molecular complexity index is 1800. The Morgan fingerprint density at radius 2 is 1.31 bits per heavy atom. The lowest BCUT2D eigenvalue weighted by Crippen LogP contribution is -2.41. The third-order valence-electron chi connectivity index (χ3n) is 8.12. The number of para-hydroxylation sites is 1. The Labute approximate surface area is 210 Å². The second kappa shape index (κ2) is 7.46. The SMILES string of the molecule is CC1(C)OB(c2cccc3c2oc2cccc(-c4ccc5c(ccc6ccccc65)c4)c23)OC1(C)C. The van der Waals surface area contributed by atoms with Gasteiger partial charge in [-0.3, -0.25) is 0 Å². The van der Waals surface area contributed by atoms with Gasteiger partial charge in [0.1, 0.15) is 11.2 Å². The highest BCUT2D eigenvalue weighted by Gasteiger charge is 2.52. The molecule has 1 saturated heterocycles. The van der Waals surface area contributed by atoms with Crippen LogP contribution < -0.4 is 5.46 Å². The molecule has 3 nitrogen and oxygen atoms in total. The normalized spacial score (nSPS) is 17.1. The molecular weight excluding hydrogens is 443 g/mol. The molecule has 1 aliphatic heterocycles. The maximum atomic E-state index is 6.48. The van der Waals surface area contributed by atoms with Crippen LogP contribution in [0.3, 0.4) is 0 Å². The van der Waals surface area contributed by atoms with Crippen LogP contribution in [-0.2, 0) is 9.31 Å². The Morgan fingerprint density at radius 1 is 0.611 bits per heavy atom. The van der Waals surface area contributed by atoms with Gasteiger partial charge in [-0.1, -0.05) is 78.9 Å². The number of furan rings is 1. The quantitative estimate of drug-likeness (QED) is 0.191. The maximum absolute atomic E-state index is 6.48. The topological polar surface area (TPSA) is 31.6 Å². The summed E-state index contributed by atoms with van der Waals surface area (Å²) in [5.74, 6) is 0. The lowest BCUT2D eigenvalue weighted by molar-refractivity contribution is 0.00578. The molecule has 0 radical (unpaired) electrons. The van der Waals surface area contributed by atoms with Gasteiger partial charge in [-0.25, -0.2) is 0 Å². The third-order valence-corrected chi connectivity index (χ3v) is 8.12. The van der Waals surface area contributed by atoms with Gasteiger partial charge in [0.25, 0.3) is 0 Å². The standard InChI is InChI=1S/C32H27BO3/c1-31(2)32(3,4)36-33(35-31)27-13-7-12-26-29-25(11-8-14-28(29)34-30(26)27)22-17-18-24-21(19-22)16-15-20-9-5-6-10-23(20)24/h5-19H,1-4H3. The summed E-state index contributed by atoms with van der Waals surface area (Å²) in [5.41, 5.74) is 4.13. The molecule has 36 heavy (non-hydrogen) atoms. The predicted molar refractivity (Wildman–Crippen MR) is 150 cm³/mol. The molecule has 176 valence electrons. The van der Waals surface area contributed by atoms with Crippen molar-refractivity contribution < 1.29 is 13.7 Å². The van der Waals surface area contributed by atoms with Crippen molar-refractivity contribution in [3.63, 3.8) is 0 Å². The second-order valence-electron chi connectivity index (χ2n) is 10.8. The monoisotopic (exact) mass is 470 g/mol. The third kappa shape index (κ3) is 3.08. The number of fused-ring (bicyclic) bond motifs is 6. The van der Waals surface area contributed by atoms with E-state index in [4.69, 9.17) is 13.7 Å². The van der Waals surface area contributed by atoms with Crippen molar-refractivity contribution in [3.8, 4) is 11.1 Å². The minimum absolute atomic E-state index is 0.410. The molecule has 4 heteroatoms. The minimum atomic E-state index is -0.475. The van der Waals surface area contributed by atoms with Crippen LogP contribution in [0.5, 0.6) is 0 Å². The average molecular weight is 470 g/mol. The molecule has 7 rings (SSSR count). The summed E-state index contributed by atoms with van der Waals surface area (Å²) >= 11 is 0. The lowest BCUT2D eigenvalue weighted by Gasteiger charge is -2.32. The van der Waals surface area contributed by atoms with E-state index < -0.39 is 18.3 Å². The number of hydrogen-bond acceptors (Lipinski definition) is 3. The first-order valence-electron chi connectivity index (χ1n) is 12.5. The summed E-state index contributed by atoms with van der Waals surface area (Å²) in [7, 11) is -0.475. The van der Waals surface area contributed by atoms with Crippen molar-refractivity contribution in [2.24, 2.45) is 0 Å². The van der Waals surface area contributed by atoms with Gasteiger partial charge in [0.15, 0.2) is 0 Å². The Hall–Kier alpha value is -3.60. The molecule has 0 saturated carbocycles. The van der Waals surface area contributed by atoms with E-state index in [2.05, 4.69) is 107 Å². The van der Waals surface area contributed by atoms with Crippen molar-refractivity contribution in [1.29, 1.82) is 0 Å². The zero-order valence-corrected chi connectivity index (χ0v) is 21.0. The zero-order chi connectivity index (χ0) is 24.7. The molecule has 0 amide bonds. The molecule has 0 atom stereocenters. The van der Waals surface area contributed by atoms with Crippen molar-refractivity contribution in [2.45, 2.75) is 38.9 Å². The first kappa shape index (κ1) is 21.7. The maximum Gasteiger partial charge on any atom is 0.498 e. The highest BCUT2D eigenvalue weighted by molar-refractivity contribution is 6.65. The molecule has 0 unspecified atom stereocenters. The van der Waals surface area contributed by atoms with Gasteiger partial charge in [0.2, 0.25) is 0 Å². The van der Waals surface area contributed by atoms with Crippen LogP contribution in [0.4, 0.5) is 0 Å². The van der Waals surface area contributed by atoms with Crippen LogP contribution in [0.1, 0.15) is 27.7 Å². The summed E-state index contributed by atoms with van der Waals surface area (Å²) in [6, 6.07) is 32.3. The molecule has 1 aliphatic rings. The second-order valence-corrected chi connectivity index (χ2v) is 10.8. The van der Waals surface area contributed by atoms with Gasteiger partial charge in [-0.2, -0.15) is 0 Å². The lowest BCUT2D eigenvalue weighted by atomic mass is 9.78. The molecule has 0 aliphatic carbocycles. The van der Waals surface area contributed by atoms with E-state index in [9.17, 15) is 0 Å². The largest absolute Gasteiger partial charge is 0.498 e. The van der Waals surface area contributed by atoms with E-state index >= 15 is 0 Å². The molecular formula is C32H27BO3. The van der Waals surface area contributed by atoms with E-state index in [0.717, 1.165) is 33.0 Å². The molecule has 0 spiro atoms. The summed E-state index contributed by atoms with van der Waals surface area (Å²) in [4.78, 5) is 0. The van der Waals surface area contributed by atoms with Crippen LogP contribution in [-0.4, -0.2) is 18.3 Å². The molecule has 0 bridgehead atoms. The van der Waals surface area contributed by atoms with Crippen LogP contribution in [0.2, 0.25) is 0 Å². The zero-order valence-electron chi connectivity index (χ0n) is 21.0. The molecule has 1 aromatic heterocycles. The Morgan fingerprint density at radius 3 is 2.14 bits per heavy atom. The number of rotatable bonds is 2. The average Bonchev–Trinajstić information content (AvgIpc) is 3.36. The van der Waals surface area contributed by atoms with Crippen molar-refractivity contribution in [2.75, 3.05) is 0 Å². The molecule has 5 aromatic carbocycles. The van der Waals surface area contributed by atoms with E-state index in [1.165, 1.54) is 27.1 Å². The fourth-order valence-electron chi connectivity index (χ4n) is 5.45. The minimum Gasteiger partial charge on any atom is -0.456 e. The van der Waals surface area contributed by atoms with Crippen molar-refractivity contribution in [1.82, 2.24) is 0 Å². The van der Waals surface area contributed by atoms with Crippen molar-refractivity contribution in [3.05, 3.63) is 91.0 Å². The number of benzene rings is 5. The van der Waals surface area contributed by atoms with Crippen LogP contribution >= 0.6 is 0 Å². The summed E-state index contributed by atoms with van der Waals surface area (Å²) in [6.45, 7) is 8.30. The van der Waals surface area contributed by atoms with Gasteiger partial charge in [-0.05, 0) is 72.5 Å². The summed E-state index contributed by atoms with van der Waals surface area (Å²) in [5, 5.41) is 7.23. The van der Waals surface area contributed by atoms with E-state index in [0.29, 0.717) is 0 Å². The van der Waals surface area contributed by atoms with Gasteiger partial charge in [0.05, 0.1) is 11.2 Å². The van der Waals surface area contributed by atoms with Crippen LogP contribution in [0.15, 0.2) is 95.4 Å². The molecule has 6 aromatic rings. The van der Waals surface area contributed by atoms with Gasteiger partial charge in [0, 0.05) is 16.2 Å². The Kier molecular flexibility index (Phi) is 4.49. The van der Waals surface area contributed by atoms with E-state index in [1.807, 2.05) is 12.1 Å². The fourth-order valence-corrected chi connectivity index (χ4v) is 5.45. The smallest absolute Gasteiger partial charge is 0.456 e. The van der Waals surface area contributed by atoms with E-state index in [-0.39, 0.29) is 0 Å². The van der Waals surface area contributed by atoms with E-state index in [1.54, 1.807) is 0 Å². The molecule has 2 heterocycles. The molecule has 1 fully saturated rings. The fraction of sp³-hybridized carbons (Fsp3) is 0.188. The highest BCUT2D eigenvalue weighted by Crippen LogP contribution is 2.40. The summed E-state index contributed by atoms with van der Waals surface area (Å²) in [6.07, 6.45) is 0. The van der Waals surface area contributed by atoms with Crippen LogP contribution in [0.25, 0.3) is 54.6 Å². The number of hydrogen-bond donors (Lipinski definition) is 0. The Balaban J connectivity index is 1.42. The van der Waals surface area contributed by atoms with Crippen molar-refractivity contribution >= 4 is 56.1 Å². The van der Waals surface area contributed by atoms with Gasteiger partial charge >= 0.3 is 7.12 Å². The van der Waals surface area contributed by atoms with Crippen LogP contribution in [0, 0.1) is 0 Å². The first-order valence-corrected chi connectivity index (χ1v) is 12.5. The summed E-state index contributed by atoms with van der Waals surface area (Å²) < 4.78 is 19.2. The highest BCUT2D eigenvalue weighted by atomic mass is 16.7. The first-order chi connectivity index (χ1) is 17.3. The molecule has 0 N–H and O–H groups in total. The van der Waals surface area contributed by atoms with Gasteiger partial charge in [-0.15, -0.1) is 0 Å². The van der Waals surface area contributed by atoms with Gasteiger partial charge < -0.3 is 13.7 Å².